The number of nitro groups is 1. The fourth-order valence-electron chi connectivity index (χ4n) is 0.930. The van der Waals surface area contributed by atoms with E-state index in [0.29, 0.717) is 6.61 Å². The standard InChI is InChI=1S/C6H6N2O3.C5H9NO2/c7-5-2-1-4(9)3-6(5)8(10)11;1-3-8-5(7)4(2)6/h1-3,9H,7H2;6H,3H2,1-2H3. The molecule has 0 unspecified atom stereocenters. The van der Waals surface area contributed by atoms with Crippen LogP contribution in [0.15, 0.2) is 18.2 Å². The van der Waals surface area contributed by atoms with Gasteiger partial charge in [0.15, 0.2) is 0 Å². The van der Waals surface area contributed by atoms with Crippen LogP contribution in [-0.2, 0) is 9.53 Å². The number of carbonyl (C=O) groups excluding carboxylic acids is 1. The molecule has 0 aliphatic heterocycles. The van der Waals surface area contributed by atoms with Gasteiger partial charge < -0.3 is 15.6 Å². The minimum atomic E-state index is -0.644. The Hall–Kier alpha value is -2.64. The first-order valence-corrected chi connectivity index (χ1v) is 5.24. The summed E-state index contributed by atoms with van der Waals surface area (Å²) in [6.45, 7) is 3.45. The van der Waals surface area contributed by atoms with Gasteiger partial charge in [-0.25, -0.2) is 4.79 Å². The number of rotatable bonds is 3. The fourth-order valence-corrected chi connectivity index (χ4v) is 0.930. The third-order valence-electron chi connectivity index (χ3n) is 1.79. The average Bonchev–Trinajstić information content (AvgIpc) is 2.33. The molecule has 1 rings (SSSR count). The van der Waals surface area contributed by atoms with Gasteiger partial charge in [-0.3, -0.25) is 15.5 Å². The van der Waals surface area contributed by atoms with Crippen molar-refractivity contribution in [2.24, 2.45) is 0 Å². The zero-order valence-electron chi connectivity index (χ0n) is 10.5. The number of hydrogen-bond acceptors (Lipinski definition) is 7. The van der Waals surface area contributed by atoms with E-state index in [4.69, 9.17) is 16.2 Å². The zero-order valence-corrected chi connectivity index (χ0v) is 10.5. The minimum absolute atomic E-state index is 0.0489. The average molecular weight is 269 g/mol. The van der Waals surface area contributed by atoms with E-state index in [1.807, 2.05) is 0 Å². The van der Waals surface area contributed by atoms with Crippen molar-refractivity contribution in [2.45, 2.75) is 13.8 Å². The fraction of sp³-hybridized carbons (Fsp3) is 0.273. The summed E-state index contributed by atoms with van der Waals surface area (Å²) < 4.78 is 4.44. The number of carbonyl (C=O) groups is 1. The summed E-state index contributed by atoms with van der Waals surface area (Å²) >= 11 is 0. The van der Waals surface area contributed by atoms with E-state index in [-0.39, 0.29) is 22.8 Å². The van der Waals surface area contributed by atoms with Crippen molar-refractivity contribution in [2.75, 3.05) is 12.3 Å². The molecule has 0 aromatic heterocycles. The lowest BCUT2D eigenvalue weighted by atomic mass is 10.2. The van der Waals surface area contributed by atoms with Crippen molar-refractivity contribution in [1.29, 1.82) is 5.41 Å². The number of anilines is 1. The van der Waals surface area contributed by atoms with Gasteiger partial charge in [0.25, 0.3) is 5.69 Å². The maximum absolute atomic E-state index is 10.3. The number of nitrogens with two attached hydrogens (primary N) is 1. The van der Waals surface area contributed by atoms with Gasteiger partial charge in [0, 0.05) is 0 Å². The normalized spacial score (nSPS) is 8.95. The predicted molar refractivity (Wildman–Crippen MR) is 69.2 cm³/mol. The molecule has 0 heterocycles. The molecule has 0 aliphatic carbocycles. The highest BCUT2D eigenvalue weighted by atomic mass is 16.6. The molecular weight excluding hydrogens is 254 g/mol. The molecule has 0 saturated heterocycles. The van der Waals surface area contributed by atoms with E-state index in [0.717, 1.165) is 6.07 Å². The molecule has 1 aromatic rings. The molecular formula is C11H15N3O5. The Kier molecular flexibility index (Phi) is 6.58. The highest BCUT2D eigenvalue weighted by Crippen LogP contribution is 2.25. The molecule has 19 heavy (non-hydrogen) atoms. The second-order valence-electron chi connectivity index (χ2n) is 3.35. The number of hydrogen-bond donors (Lipinski definition) is 3. The monoisotopic (exact) mass is 269 g/mol. The third kappa shape index (κ3) is 6.01. The van der Waals surface area contributed by atoms with Crippen LogP contribution in [0.25, 0.3) is 0 Å². The molecule has 0 radical (unpaired) electrons. The summed E-state index contributed by atoms with van der Waals surface area (Å²) in [5, 5.41) is 25.7. The van der Waals surface area contributed by atoms with Gasteiger partial charge >= 0.3 is 5.97 Å². The molecule has 0 saturated carbocycles. The van der Waals surface area contributed by atoms with Crippen molar-refractivity contribution in [3.05, 3.63) is 28.3 Å². The van der Waals surface area contributed by atoms with Crippen molar-refractivity contribution < 1.29 is 19.6 Å². The first-order chi connectivity index (χ1) is 8.79. The number of esters is 1. The van der Waals surface area contributed by atoms with Crippen LogP contribution in [0.4, 0.5) is 11.4 Å². The van der Waals surface area contributed by atoms with Gasteiger partial charge in [-0.15, -0.1) is 0 Å². The Balaban J connectivity index is 0.000000362. The molecule has 8 nitrogen and oxygen atoms in total. The molecule has 8 heteroatoms. The van der Waals surface area contributed by atoms with Crippen LogP contribution in [0.3, 0.4) is 0 Å². The second kappa shape index (κ2) is 7.64. The number of phenols is 1. The largest absolute Gasteiger partial charge is 0.508 e. The first kappa shape index (κ1) is 16.4. The van der Waals surface area contributed by atoms with Crippen LogP contribution in [0.5, 0.6) is 5.75 Å². The first-order valence-electron chi connectivity index (χ1n) is 5.24. The van der Waals surface area contributed by atoms with E-state index in [9.17, 15) is 14.9 Å². The number of nitrogens with one attached hydrogen (secondary N) is 1. The highest BCUT2D eigenvalue weighted by Gasteiger charge is 2.10. The molecule has 0 aliphatic rings. The molecule has 4 N–H and O–H groups in total. The summed E-state index contributed by atoms with van der Waals surface area (Å²) in [7, 11) is 0. The van der Waals surface area contributed by atoms with E-state index in [1.165, 1.54) is 19.1 Å². The molecule has 1 aromatic carbocycles. The second-order valence-corrected chi connectivity index (χ2v) is 3.35. The van der Waals surface area contributed by atoms with Crippen LogP contribution in [0.1, 0.15) is 13.8 Å². The number of nitro benzene ring substituents is 1. The molecule has 0 atom stereocenters. The van der Waals surface area contributed by atoms with Crippen molar-refractivity contribution in [1.82, 2.24) is 0 Å². The number of nitrogen functional groups attached to an aromatic ring is 1. The summed E-state index contributed by atoms with van der Waals surface area (Å²) in [6, 6.07) is 3.59. The predicted octanol–water partition coefficient (Wildman–Crippen LogP) is 1.47. The Morgan fingerprint density at radius 2 is 2.16 bits per heavy atom. The van der Waals surface area contributed by atoms with Gasteiger partial charge in [-0.2, -0.15) is 0 Å². The van der Waals surface area contributed by atoms with Crippen LogP contribution >= 0.6 is 0 Å². The summed E-state index contributed by atoms with van der Waals surface area (Å²) in [5.74, 6) is -0.696. The van der Waals surface area contributed by atoms with E-state index in [1.54, 1.807) is 6.92 Å². The number of phenolic OH excluding ortho intramolecular Hbond substituents is 1. The Bertz CT molecular complexity index is 487. The summed E-state index contributed by atoms with van der Waals surface area (Å²) in [6.07, 6.45) is 0. The van der Waals surface area contributed by atoms with E-state index in [2.05, 4.69) is 4.74 Å². The maximum atomic E-state index is 10.3. The summed E-state index contributed by atoms with van der Waals surface area (Å²) in [5.41, 5.74) is 4.96. The highest BCUT2D eigenvalue weighted by molar-refractivity contribution is 6.33. The number of nitrogens with zero attached hydrogens (tertiary/aromatic N) is 1. The number of ether oxygens (including phenoxy) is 1. The molecule has 0 spiro atoms. The van der Waals surface area contributed by atoms with Crippen molar-refractivity contribution in [3.8, 4) is 5.75 Å². The van der Waals surface area contributed by atoms with Gasteiger partial charge in [0.2, 0.25) is 0 Å². The van der Waals surface area contributed by atoms with Crippen LogP contribution in [0.2, 0.25) is 0 Å². The van der Waals surface area contributed by atoms with E-state index < -0.39 is 10.9 Å². The summed E-state index contributed by atoms with van der Waals surface area (Å²) in [4.78, 5) is 19.8. The minimum Gasteiger partial charge on any atom is -0.508 e. The maximum Gasteiger partial charge on any atom is 0.351 e. The van der Waals surface area contributed by atoms with Crippen molar-refractivity contribution in [3.63, 3.8) is 0 Å². The SMILES string of the molecule is CCOC(=O)C(C)=N.Nc1ccc(O)cc1[N+](=O)[O-]. The topological polar surface area (TPSA) is 140 Å². The van der Waals surface area contributed by atoms with E-state index >= 15 is 0 Å². The molecule has 0 fully saturated rings. The van der Waals surface area contributed by atoms with Gasteiger partial charge in [0.1, 0.15) is 17.1 Å². The smallest absolute Gasteiger partial charge is 0.351 e. The van der Waals surface area contributed by atoms with Crippen LogP contribution in [0, 0.1) is 15.5 Å². The van der Waals surface area contributed by atoms with Crippen LogP contribution in [-0.4, -0.2) is 28.3 Å². The van der Waals surface area contributed by atoms with Crippen LogP contribution < -0.4 is 5.73 Å². The quantitative estimate of drug-likeness (QED) is 0.189. The Morgan fingerprint density at radius 3 is 2.47 bits per heavy atom. The lowest BCUT2D eigenvalue weighted by Gasteiger charge is -1.95. The van der Waals surface area contributed by atoms with Crippen molar-refractivity contribution >= 4 is 23.1 Å². The molecule has 0 bridgehead atoms. The lowest BCUT2D eigenvalue weighted by Crippen LogP contribution is -2.12. The number of benzene rings is 1. The zero-order chi connectivity index (χ0) is 15.0. The van der Waals surface area contributed by atoms with Gasteiger partial charge in [-0.1, -0.05) is 0 Å². The van der Waals surface area contributed by atoms with Gasteiger partial charge in [-0.05, 0) is 26.0 Å². The lowest BCUT2D eigenvalue weighted by molar-refractivity contribution is -0.384. The molecule has 0 amide bonds. The number of aromatic hydroxyl groups is 1. The molecule has 104 valence electrons. The Morgan fingerprint density at radius 1 is 1.58 bits per heavy atom. The van der Waals surface area contributed by atoms with Gasteiger partial charge in [0.05, 0.1) is 17.6 Å². The Labute approximate surface area is 109 Å². The third-order valence-corrected chi connectivity index (χ3v) is 1.79.